The molecule has 0 atom stereocenters. The smallest absolute Gasteiger partial charge is 0.328 e. The summed E-state index contributed by atoms with van der Waals surface area (Å²) < 4.78 is 1.08. The molecule has 0 spiro atoms. The van der Waals surface area contributed by atoms with E-state index in [2.05, 4.69) is 5.32 Å². The number of carbonyl (C=O) groups is 1. The summed E-state index contributed by atoms with van der Waals surface area (Å²) in [6, 6.07) is 0. The van der Waals surface area contributed by atoms with E-state index in [-0.39, 0.29) is 18.1 Å². The highest BCUT2D eigenvalue weighted by atomic mass is 16.2. The van der Waals surface area contributed by atoms with Gasteiger partial charge in [0.05, 0.1) is 0 Å². The zero-order chi connectivity index (χ0) is 12.4. The number of amides is 1. The average molecular weight is 238 g/mol. The number of nitrogen functional groups attached to an aromatic ring is 1. The Labute approximate surface area is 96.6 Å². The highest BCUT2D eigenvalue weighted by molar-refractivity contribution is 5.75. The van der Waals surface area contributed by atoms with Gasteiger partial charge < -0.3 is 11.1 Å². The zero-order valence-electron chi connectivity index (χ0n) is 9.23. The van der Waals surface area contributed by atoms with E-state index in [1.165, 1.54) is 6.20 Å². The first kappa shape index (κ1) is 11.4. The monoisotopic (exact) mass is 238 g/mol. The minimum absolute atomic E-state index is 0.0837. The summed E-state index contributed by atoms with van der Waals surface area (Å²) >= 11 is 0. The van der Waals surface area contributed by atoms with Gasteiger partial charge in [-0.3, -0.25) is 19.1 Å². The lowest BCUT2D eigenvalue weighted by atomic mass is 10.4. The second-order valence-corrected chi connectivity index (χ2v) is 4.22. The Balaban J connectivity index is 2.01. The first-order valence-corrected chi connectivity index (χ1v) is 5.42. The van der Waals surface area contributed by atoms with Crippen molar-refractivity contribution >= 4 is 11.6 Å². The number of nitrogens with one attached hydrogen (secondary N) is 2. The summed E-state index contributed by atoms with van der Waals surface area (Å²) in [5, 5.41) is 2.72. The highest BCUT2D eigenvalue weighted by Gasteiger charge is 2.21. The van der Waals surface area contributed by atoms with Gasteiger partial charge in [0.2, 0.25) is 5.91 Å². The predicted octanol–water partition coefficient (Wildman–Crippen LogP) is -1.35. The number of nitrogens with zero attached hydrogens (tertiary/aromatic N) is 1. The van der Waals surface area contributed by atoms with Crippen molar-refractivity contribution in [3.63, 3.8) is 0 Å². The van der Waals surface area contributed by atoms with E-state index in [1.807, 2.05) is 4.98 Å². The summed E-state index contributed by atoms with van der Waals surface area (Å²) in [6.45, 7) is 0.513. The van der Waals surface area contributed by atoms with Gasteiger partial charge in [-0.15, -0.1) is 0 Å². The van der Waals surface area contributed by atoms with Gasteiger partial charge in [0.25, 0.3) is 5.56 Å². The molecule has 4 N–H and O–H groups in total. The molecule has 7 nitrogen and oxygen atoms in total. The van der Waals surface area contributed by atoms with Crippen LogP contribution in [0.5, 0.6) is 0 Å². The van der Waals surface area contributed by atoms with E-state index in [4.69, 9.17) is 5.73 Å². The van der Waals surface area contributed by atoms with Crippen LogP contribution in [0.4, 0.5) is 5.69 Å². The van der Waals surface area contributed by atoms with Crippen LogP contribution in [0.1, 0.15) is 12.8 Å². The van der Waals surface area contributed by atoms with Gasteiger partial charge in [-0.05, 0) is 18.8 Å². The van der Waals surface area contributed by atoms with Gasteiger partial charge in [-0.1, -0.05) is 0 Å². The Bertz CT molecular complexity index is 541. The Morgan fingerprint density at radius 2 is 2.24 bits per heavy atom. The van der Waals surface area contributed by atoms with Crippen LogP contribution in [0, 0.1) is 5.92 Å². The van der Waals surface area contributed by atoms with E-state index < -0.39 is 11.2 Å². The Morgan fingerprint density at radius 3 is 2.88 bits per heavy atom. The van der Waals surface area contributed by atoms with Crippen molar-refractivity contribution in [1.82, 2.24) is 14.9 Å². The van der Waals surface area contributed by atoms with Crippen LogP contribution in [-0.4, -0.2) is 22.0 Å². The van der Waals surface area contributed by atoms with Crippen LogP contribution in [0.25, 0.3) is 0 Å². The lowest BCUT2D eigenvalue weighted by Crippen LogP contribution is -2.37. The molecular weight excluding hydrogens is 224 g/mol. The molecule has 1 aliphatic carbocycles. The fourth-order valence-electron chi connectivity index (χ4n) is 1.43. The number of hydrogen-bond acceptors (Lipinski definition) is 4. The topological polar surface area (TPSA) is 110 Å². The molecule has 2 rings (SSSR count). The maximum atomic E-state index is 11.5. The number of aromatic amines is 1. The Hall–Kier alpha value is -2.05. The molecule has 1 aromatic rings. The van der Waals surface area contributed by atoms with Crippen molar-refractivity contribution in [3.8, 4) is 0 Å². The number of hydrogen-bond donors (Lipinski definition) is 3. The number of nitrogens with two attached hydrogens (primary N) is 1. The average Bonchev–Trinajstić information content (AvgIpc) is 3.07. The van der Waals surface area contributed by atoms with E-state index >= 15 is 0 Å². The summed E-state index contributed by atoms with van der Waals surface area (Å²) in [4.78, 5) is 35.9. The van der Waals surface area contributed by atoms with E-state index in [0.29, 0.717) is 12.5 Å². The van der Waals surface area contributed by atoms with Crippen LogP contribution in [0.15, 0.2) is 15.8 Å². The first-order chi connectivity index (χ1) is 8.06. The normalized spacial score (nSPS) is 14.6. The first-order valence-electron chi connectivity index (χ1n) is 5.42. The molecule has 0 aliphatic heterocycles. The number of anilines is 1. The van der Waals surface area contributed by atoms with Gasteiger partial charge >= 0.3 is 5.69 Å². The summed E-state index contributed by atoms with van der Waals surface area (Å²) in [5.41, 5.74) is 4.01. The van der Waals surface area contributed by atoms with Crippen LogP contribution >= 0.6 is 0 Å². The quantitative estimate of drug-likeness (QED) is 0.602. The number of H-pyrrole nitrogens is 1. The molecule has 0 unspecified atom stereocenters. The molecule has 0 saturated heterocycles. The summed E-state index contributed by atoms with van der Waals surface area (Å²) in [5.74, 6) is 0.321. The van der Waals surface area contributed by atoms with E-state index in [0.717, 1.165) is 17.4 Å². The second-order valence-electron chi connectivity index (χ2n) is 4.22. The van der Waals surface area contributed by atoms with E-state index in [1.54, 1.807) is 0 Å². The van der Waals surface area contributed by atoms with Gasteiger partial charge in [-0.25, -0.2) is 4.79 Å². The van der Waals surface area contributed by atoms with Crippen molar-refractivity contribution in [2.45, 2.75) is 19.4 Å². The lowest BCUT2D eigenvalue weighted by molar-refractivity contribution is -0.121. The number of rotatable bonds is 4. The van der Waals surface area contributed by atoms with Gasteiger partial charge in [0, 0.05) is 12.7 Å². The maximum Gasteiger partial charge on any atom is 0.328 e. The second kappa shape index (κ2) is 4.44. The van der Waals surface area contributed by atoms with Crippen LogP contribution < -0.4 is 22.3 Å². The summed E-state index contributed by atoms with van der Waals surface area (Å²) in [6.07, 6.45) is 3.47. The number of carbonyl (C=O) groups excluding carboxylic acids is 1. The highest BCUT2D eigenvalue weighted by Crippen LogP contribution is 2.27. The Kier molecular flexibility index (Phi) is 2.99. The molecule has 0 radical (unpaired) electrons. The third-order valence-corrected chi connectivity index (χ3v) is 2.64. The molecule has 1 aliphatic rings. The number of aromatic nitrogens is 2. The van der Waals surface area contributed by atoms with Crippen molar-refractivity contribution in [1.29, 1.82) is 0 Å². The van der Waals surface area contributed by atoms with E-state index in [9.17, 15) is 14.4 Å². The molecule has 1 amide bonds. The molecule has 0 bridgehead atoms. The molecule has 92 valence electrons. The largest absolute Gasteiger partial charge is 0.393 e. The minimum Gasteiger partial charge on any atom is -0.393 e. The molecule has 1 heterocycles. The zero-order valence-corrected chi connectivity index (χ0v) is 9.23. The summed E-state index contributed by atoms with van der Waals surface area (Å²) in [7, 11) is 0. The van der Waals surface area contributed by atoms with Crippen LogP contribution in [0.3, 0.4) is 0 Å². The molecule has 1 fully saturated rings. The van der Waals surface area contributed by atoms with Gasteiger partial charge in [0.1, 0.15) is 12.2 Å². The molecule has 7 heteroatoms. The van der Waals surface area contributed by atoms with Crippen molar-refractivity contribution < 1.29 is 4.79 Å². The molecular formula is C10H14N4O3. The standard InChI is InChI=1S/C10H14N4O3/c11-7-4-14(10(17)13-9(7)16)5-8(15)12-3-6-1-2-6/h4,6H,1-3,5,11H2,(H,12,15)(H,13,16,17). The van der Waals surface area contributed by atoms with Gasteiger partial charge in [-0.2, -0.15) is 0 Å². The molecule has 1 aromatic heterocycles. The lowest BCUT2D eigenvalue weighted by Gasteiger charge is -2.06. The van der Waals surface area contributed by atoms with Crippen LogP contribution in [-0.2, 0) is 11.3 Å². The van der Waals surface area contributed by atoms with Crippen LogP contribution in [0.2, 0.25) is 0 Å². The predicted molar refractivity (Wildman–Crippen MR) is 61.5 cm³/mol. The fraction of sp³-hybridized carbons (Fsp3) is 0.500. The maximum absolute atomic E-state index is 11.5. The van der Waals surface area contributed by atoms with Crippen molar-refractivity contribution in [2.24, 2.45) is 5.92 Å². The minimum atomic E-state index is -0.635. The van der Waals surface area contributed by atoms with Crippen molar-refractivity contribution in [2.75, 3.05) is 12.3 Å². The molecule has 17 heavy (non-hydrogen) atoms. The Morgan fingerprint density at radius 1 is 1.53 bits per heavy atom. The van der Waals surface area contributed by atoms with Gasteiger partial charge in [0.15, 0.2) is 0 Å². The fourth-order valence-corrected chi connectivity index (χ4v) is 1.43. The molecule has 0 aromatic carbocycles. The SMILES string of the molecule is Nc1cn(CC(=O)NCC2CC2)c(=O)[nH]c1=O. The third kappa shape index (κ3) is 2.96. The van der Waals surface area contributed by atoms with Crippen molar-refractivity contribution in [3.05, 3.63) is 27.0 Å². The third-order valence-electron chi connectivity index (χ3n) is 2.64. The molecule has 1 saturated carbocycles.